The maximum Gasteiger partial charge on any atom is 0.573 e. The monoisotopic (exact) mass is 319 g/mol. The van der Waals surface area contributed by atoms with Crippen molar-refractivity contribution in [2.45, 2.75) is 56.2 Å². The molecule has 2 heterocycles. The van der Waals surface area contributed by atoms with Crippen LogP contribution >= 0.6 is 0 Å². The number of nitrogens with one attached hydrogen (secondary N) is 1. The molecule has 2 aliphatic rings. The standard InChI is InChI=1S/C15H17F4NO2/c16-13-5-4-11(22-15(17,18)19)6-12(13)14(21)7-9-2-1-3-10(8-14)20-9/h4-6,9-10,20-21H,1-3,7-8H2. The van der Waals surface area contributed by atoms with Crippen molar-refractivity contribution in [1.82, 2.24) is 5.32 Å². The molecule has 2 atom stereocenters. The average Bonchev–Trinajstić information content (AvgIpc) is 2.38. The Balaban J connectivity index is 1.91. The van der Waals surface area contributed by atoms with Gasteiger partial charge in [-0.3, -0.25) is 0 Å². The topological polar surface area (TPSA) is 41.5 Å². The Hall–Kier alpha value is -1.34. The summed E-state index contributed by atoms with van der Waals surface area (Å²) in [6.45, 7) is 0. The van der Waals surface area contributed by atoms with E-state index < -0.39 is 23.5 Å². The highest BCUT2D eigenvalue weighted by Gasteiger charge is 2.43. The van der Waals surface area contributed by atoms with E-state index in [1.54, 1.807) is 0 Å². The molecule has 0 spiro atoms. The second-order valence-corrected chi connectivity index (χ2v) is 6.12. The number of fused-ring (bicyclic) bond motifs is 2. The number of ether oxygens (including phenoxy) is 1. The molecule has 0 radical (unpaired) electrons. The lowest BCUT2D eigenvalue weighted by atomic mass is 9.74. The van der Waals surface area contributed by atoms with Gasteiger partial charge in [-0.15, -0.1) is 13.2 Å². The van der Waals surface area contributed by atoms with Gasteiger partial charge in [0.05, 0.1) is 5.60 Å². The molecule has 1 aromatic rings. The highest BCUT2D eigenvalue weighted by atomic mass is 19.4. The molecule has 2 N–H and O–H groups in total. The molecular weight excluding hydrogens is 302 g/mol. The van der Waals surface area contributed by atoms with E-state index in [0.717, 1.165) is 37.5 Å². The first kappa shape index (κ1) is 15.6. The zero-order chi connectivity index (χ0) is 16.0. The van der Waals surface area contributed by atoms with E-state index in [1.165, 1.54) is 0 Å². The van der Waals surface area contributed by atoms with Gasteiger partial charge in [0.25, 0.3) is 0 Å². The van der Waals surface area contributed by atoms with Crippen molar-refractivity contribution in [1.29, 1.82) is 0 Å². The Labute approximate surface area is 125 Å². The van der Waals surface area contributed by atoms with E-state index in [9.17, 15) is 22.7 Å². The van der Waals surface area contributed by atoms with E-state index in [-0.39, 0.29) is 30.5 Å². The number of alkyl halides is 3. The number of piperidine rings is 2. The predicted octanol–water partition coefficient (Wildman–Crippen LogP) is 3.22. The van der Waals surface area contributed by atoms with E-state index in [0.29, 0.717) is 0 Å². The average molecular weight is 319 g/mol. The fraction of sp³-hybridized carbons (Fsp3) is 0.600. The van der Waals surface area contributed by atoms with Crippen molar-refractivity contribution < 1.29 is 27.4 Å². The molecule has 0 aromatic heterocycles. The lowest BCUT2D eigenvalue weighted by Gasteiger charge is -2.45. The molecule has 1 aromatic carbocycles. The van der Waals surface area contributed by atoms with E-state index in [2.05, 4.69) is 10.1 Å². The number of benzene rings is 1. The Bertz CT molecular complexity index is 549. The molecule has 7 heteroatoms. The van der Waals surface area contributed by atoms with Gasteiger partial charge < -0.3 is 15.2 Å². The molecular formula is C15H17F4NO2. The number of rotatable bonds is 2. The quantitative estimate of drug-likeness (QED) is 0.823. The lowest BCUT2D eigenvalue weighted by molar-refractivity contribution is -0.274. The molecule has 0 aliphatic carbocycles. The summed E-state index contributed by atoms with van der Waals surface area (Å²) in [5.41, 5.74) is -1.58. The first-order valence-corrected chi connectivity index (χ1v) is 7.29. The van der Waals surface area contributed by atoms with E-state index >= 15 is 0 Å². The molecule has 2 fully saturated rings. The van der Waals surface area contributed by atoms with Crippen molar-refractivity contribution in [2.24, 2.45) is 0 Å². The van der Waals surface area contributed by atoms with E-state index in [1.807, 2.05) is 0 Å². The van der Waals surface area contributed by atoms with Crippen LogP contribution in [-0.2, 0) is 5.60 Å². The highest BCUT2D eigenvalue weighted by molar-refractivity contribution is 5.35. The summed E-state index contributed by atoms with van der Waals surface area (Å²) in [5.74, 6) is -1.22. The molecule has 2 unspecified atom stereocenters. The third-order valence-electron chi connectivity index (χ3n) is 4.42. The van der Waals surface area contributed by atoms with Crippen LogP contribution in [0.15, 0.2) is 18.2 Å². The van der Waals surface area contributed by atoms with Crippen molar-refractivity contribution in [2.75, 3.05) is 0 Å². The Morgan fingerprint density at radius 2 is 1.82 bits per heavy atom. The molecule has 2 bridgehead atoms. The van der Waals surface area contributed by atoms with Gasteiger partial charge in [-0.1, -0.05) is 6.42 Å². The van der Waals surface area contributed by atoms with Crippen LogP contribution in [0.5, 0.6) is 5.75 Å². The van der Waals surface area contributed by atoms with Crippen molar-refractivity contribution >= 4 is 0 Å². The van der Waals surface area contributed by atoms with Gasteiger partial charge in [-0.25, -0.2) is 4.39 Å². The van der Waals surface area contributed by atoms with Crippen LogP contribution in [0.3, 0.4) is 0 Å². The van der Waals surface area contributed by atoms with Crippen molar-refractivity contribution in [3.05, 3.63) is 29.6 Å². The van der Waals surface area contributed by atoms with Crippen LogP contribution in [-0.4, -0.2) is 23.6 Å². The summed E-state index contributed by atoms with van der Waals surface area (Å²) < 4.78 is 54.9. The summed E-state index contributed by atoms with van der Waals surface area (Å²) in [6, 6.07) is 2.90. The summed E-state index contributed by atoms with van der Waals surface area (Å²) in [6.07, 6.45) is -1.48. The number of halogens is 4. The molecule has 2 saturated heterocycles. The molecule has 3 rings (SSSR count). The number of aliphatic hydroxyl groups is 1. The second-order valence-electron chi connectivity index (χ2n) is 6.12. The van der Waals surface area contributed by atoms with Gasteiger partial charge in [0.2, 0.25) is 0 Å². The van der Waals surface area contributed by atoms with Crippen LogP contribution < -0.4 is 10.1 Å². The second kappa shape index (κ2) is 5.38. The largest absolute Gasteiger partial charge is 0.573 e. The summed E-state index contributed by atoms with van der Waals surface area (Å²) in [4.78, 5) is 0. The minimum atomic E-state index is -4.84. The fourth-order valence-electron chi connectivity index (χ4n) is 3.61. The van der Waals surface area contributed by atoms with Gasteiger partial charge in [-0.2, -0.15) is 0 Å². The lowest BCUT2D eigenvalue weighted by Crippen LogP contribution is -2.54. The Morgan fingerprint density at radius 1 is 1.18 bits per heavy atom. The van der Waals surface area contributed by atoms with E-state index in [4.69, 9.17) is 0 Å². The maximum absolute atomic E-state index is 14.1. The zero-order valence-electron chi connectivity index (χ0n) is 11.8. The highest BCUT2D eigenvalue weighted by Crippen LogP contribution is 2.41. The molecule has 0 amide bonds. The summed E-state index contributed by atoms with van der Waals surface area (Å²) in [7, 11) is 0. The minimum Gasteiger partial charge on any atom is -0.406 e. The van der Waals surface area contributed by atoms with Crippen LogP contribution in [0.1, 0.15) is 37.7 Å². The number of hydrogen-bond acceptors (Lipinski definition) is 3. The molecule has 122 valence electrons. The van der Waals surface area contributed by atoms with Crippen LogP contribution in [0.25, 0.3) is 0 Å². The Morgan fingerprint density at radius 3 is 2.41 bits per heavy atom. The smallest absolute Gasteiger partial charge is 0.406 e. The normalized spacial score (nSPS) is 31.9. The van der Waals surface area contributed by atoms with Crippen LogP contribution in [0, 0.1) is 5.82 Å². The maximum atomic E-state index is 14.1. The van der Waals surface area contributed by atoms with Gasteiger partial charge in [0.15, 0.2) is 0 Å². The molecule has 0 saturated carbocycles. The SMILES string of the molecule is OC1(c2cc(OC(F)(F)F)ccc2F)CC2CCCC(C1)N2. The molecule has 2 aliphatic heterocycles. The first-order valence-electron chi connectivity index (χ1n) is 7.29. The summed E-state index contributed by atoms with van der Waals surface area (Å²) in [5, 5.41) is 14.2. The number of hydrogen-bond donors (Lipinski definition) is 2. The fourth-order valence-corrected chi connectivity index (χ4v) is 3.61. The van der Waals surface area contributed by atoms with Crippen molar-refractivity contribution in [3.63, 3.8) is 0 Å². The molecule has 3 nitrogen and oxygen atoms in total. The van der Waals surface area contributed by atoms with Gasteiger partial charge >= 0.3 is 6.36 Å². The summed E-state index contributed by atoms with van der Waals surface area (Å²) >= 11 is 0. The Kier molecular flexibility index (Phi) is 3.81. The first-order chi connectivity index (χ1) is 10.3. The zero-order valence-corrected chi connectivity index (χ0v) is 11.8. The molecule has 22 heavy (non-hydrogen) atoms. The van der Waals surface area contributed by atoms with Crippen molar-refractivity contribution in [3.8, 4) is 5.75 Å². The van der Waals surface area contributed by atoms with Gasteiger partial charge in [0.1, 0.15) is 11.6 Å². The third-order valence-corrected chi connectivity index (χ3v) is 4.42. The third kappa shape index (κ3) is 3.20. The van der Waals surface area contributed by atoms with Gasteiger partial charge in [0, 0.05) is 17.6 Å². The van der Waals surface area contributed by atoms with Crippen LogP contribution in [0.2, 0.25) is 0 Å². The van der Waals surface area contributed by atoms with Crippen LogP contribution in [0.4, 0.5) is 17.6 Å². The minimum absolute atomic E-state index is 0.0593. The van der Waals surface area contributed by atoms with Gasteiger partial charge in [-0.05, 0) is 43.9 Å². The predicted molar refractivity (Wildman–Crippen MR) is 70.8 cm³/mol.